The number of methoxy groups -OCH3 is 1. The molecule has 0 unspecified atom stereocenters. The Hall–Kier alpha value is -2.66. The number of amides is 2. The van der Waals surface area contributed by atoms with Crippen LogP contribution in [0.25, 0.3) is 11.1 Å². The fraction of sp³-hybridized carbons (Fsp3) is 0.364. The van der Waals surface area contributed by atoms with E-state index in [1.165, 1.54) is 5.56 Å². The quantitative estimate of drug-likeness (QED) is 0.849. The Morgan fingerprint density at radius 1 is 1.15 bits per heavy atom. The molecule has 0 saturated carbocycles. The standard InChI is InChI=1S/C22H26N2O3/c1-16-6-3-7-17(14-16)18-8-4-9-19(15-18)23-22(26)20-10-5-12-24(20)21(25)11-13-27-2/h3-4,6-9,14-15,20H,5,10-13H2,1-2H3,(H,23,26)/t20-/m0/s1. The summed E-state index contributed by atoms with van der Waals surface area (Å²) >= 11 is 0. The van der Waals surface area contributed by atoms with Crippen LogP contribution in [0, 0.1) is 6.92 Å². The summed E-state index contributed by atoms with van der Waals surface area (Å²) in [6.07, 6.45) is 1.85. The lowest BCUT2D eigenvalue weighted by Crippen LogP contribution is -2.43. The minimum atomic E-state index is -0.406. The first kappa shape index (κ1) is 19.1. The van der Waals surface area contributed by atoms with Crippen molar-refractivity contribution >= 4 is 17.5 Å². The van der Waals surface area contributed by atoms with Crippen molar-refractivity contribution in [1.82, 2.24) is 4.90 Å². The molecule has 3 rings (SSSR count). The summed E-state index contributed by atoms with van der Waals surface area (Å²) in [5.74, 6) is -0.150. The van der Waals surface area contributed by atoms with Gasteiger partial charge in [-0.1, -0.05) is 42.0 Å². The van der Waals surface area contributed by atoms with E-state index in [1.54, 1.807) is 12.0 Å². The summed E-state index contributed by atoms with van der Waals surface area (Å²) in [4.78, 5) is 26.8. The van der Waals surface area contributed by atoms with Crippen molar-refractivity contribution < 1.29 is 14.3 Å². The number of ether oxygens (including phenoxy) is 1. The van der Waals surface area contributed by atoms with Crippen molar-refractivity contribution in [2.75, 3.05) is 25.6 Å². The Kier molecular flexibility index (Phi) is 6.24. The second kappa shape index (κ2) is 8.82. The van der Waals surface area contributed by atoms with Gasteiger partial charge in [-0.25, -0.2) is 0 Å². The third-order valence-electron chi connectivity index (χ3n) is 4.88. The SMILES string of the molecule is COCCC(=O)N1CCC[C@H]1C(=O)Nc1cccc(-c2cccc(C)c2)c1. The Bertz CT molecular complexity index is 819. The van der Waals surface area contributed by atoms with Gasteiger partial charge in [-0.15, -0.1) is 0 Å². The number of anilines is 1. The Labute approximate surface area is 160 Å². The van der Waals surface area contributed by atoms with E-state index in [-0.39, 0.29) is 11.8 Å². The van der Waals surface area contributed by atoms with Crippen molar-refractivity contribution in [3.63, 3.8) is 0 Å². The van der Waals surface area contributed by atoms with Crippen molar-refractivity contribution in [2.24, 2.45) is 0 Å². The van der Waals surface area contributed by atoms with Gasteiger partial charge in [-0.2, -0.15) is 0 Å². The molecular weight excluding hydrogens is 340 g/mol. The van der Waals surface area contributed by atoms with Gasteiger partial charge in [0.25, 0.3) is 0 Å². The second-order valence-electron chi connectivity index (χ2n) is 6.93. The molecule has 1 N–H and O–H groups in total. The van der Waals surface area contributed by atoms with Gasteiger partial charge < -0.3 is 15.0 Å². The van der Waals surface area contributed by atoms with Gasteiger partial charge in [0.2, 0.25) is 11.8 Å². The van der Waals surface area contributed by atoms with Gasteiger partial charge in [-0.3, -0.25) is 9.59 Å². The van der Waals surface area contributed by atoms with Crippen LogP contribution in [0.1, 0.15) is 24.8 Å². The van der Waals surface area contributed by atoms with Crippen LogP contribution in [0.15, 0.2) is 48.5 Å². The average molecular weight is 366 g/mol. The van der Waals surface area contributed by atoms with Crippen LogP contribution < -0.4 is 5.32 Å². The zero-order chi connectivity index (χ0) is 19.2. The molecule has 1 aliphatic rings. The van der Waals surface area contributed by atoms with E-state index in [9.17, 15) is 9.59 Å². The topological polar surface area (TPSA) is 58.6 Å². The highest BCUT2D eigenvalue weighted by Gasteiger charge is 2.33. The van der Waals surface area contributed by atoms with Gasteiger partial charge in [0.15, 0.2) is 0 Å². The predicted octanol–water partition coefficient (Wildman–Crippen LogP) is 3.63. The van der Waals surface area contributed by atoms with E-state index in [0.717, 1.165) is 23.2 Å². The summed E-state index contributed by atoms with van der Waals surface area (Å²) in [6, 6.07) is 15.7. The summed E-state index contributed by atoms with van der Waals surface area (Å²) < 4.78 is 4.98. The molecule has 0 aromatic heterocycles. The van der Waals surface area contributed by atoms with E-state index >= 15 is 0 Å². The molecule has 1 saturated heterocycles. The van der Waals surface area contributed by atoms with Gasteiger partial charge in [0.1, 0.15) is 6.04 Å². The van der Waals surface area contributed by atoms with Gasteiger partial charge in [-0.05, 0) is 43.0 Å². The van der Waals surface area contributed by atoms with Crippen LogP contribution >= 0.6 is 0 Å². The molecule has 0 aliphatic carbocycles. The predicted molar refractivity (Wildman–Crippen MR) is 106 cm³/mol. The Morgan fingerprint density at radius 3 is 2.63 bits per heavy atom. The number of hydrogen-bond acceptors (Lipinski definition) is 3. The largest absolute Gasteiger partial charge is 0.384 e. The van der Waals surface area contributed by atoms with Crippen LogP contribution in [0.4, 0.5) is 5.69 Å². The number of nitrogens with one attached hydrogen (secondary N) is 1. The Morgan fingerprint density at radius 2 is 1.89 bits per heavy atom. The summed E-state index contributed by atoms with van der Waals surface area (Å²) in [7, 11) is 1.57. The number of nitrogens with zero attached hydrogens (tertiary/aromatic N) is 1. The monoisotopic (exact) mass is 366 g/mol. The molecule has 1 heterocycles. The van der Waals surface area contributed by atoms with E-state index in [0.29, 0.717) is 26.0 Å². The van der Waals surface area contributed by atoms with Gasteiger partial charge in [0, 0.05) is 19.3 Å². The highest BCUT2D eigenvalue weighted by atomic mass is 16.5. The number of hydrogen-bond donors (Lipinski definition) is 1. The lowest BCUT2D eigenvalue weighted by molar-refractivity contribution is -0.137. The van der Waals surface area contributed by atoms with E-state index in [4.69, 9.17) is 4.74 Å². The molecule has 2 aromatic carbocycles. The summed E-state index contributed by atoms with van der Waals surface area (Å²) in [5, 5.41) is 2.99. The van der Waals surface area contributed by atoms with Gasteiger partial charge >= 0.3 is 0 Å². The minimum absolute atomic E-state index is 0.0250. The average Bonchev–Trinajstić information content (AvgIpc) is 3.16. The lowest BCUT2D eigenvalue weighted by Gasteiger charge is -2.24. The van der Waals surface area contributed by atoms with E-state index in [1.807, 2.05) is 30.3 Å². The molecule has 0 radical (unpaired) electrons. The highest BCUT2D eigenvalue weighted by Crippen LogP contribution is 2.25. The fourth-order valence-electron chi connectivity index (χ4n) is 3.50. The van der Waals surface area contributed by atoms with Crippen molar-refractivity contribution in [2.45, 2.75) is 32.2 Å². The van der Waals surface area contributed by atoms with Crippen LogP contribution in [-0.2, 0) is 14.3 Å². The second-order valence-corrected chi connectivity index (χ2v) is 6.93. The van der Waals surface area contributed by atoms with Crippen molar-refractivity contribution in [3.8, 4) is 11.1 Å². The van der Waals surface area contributed by atoms with E-state index < -0.39 is 6.04 Å². The maximum absolute atomic E-state index is 12.8. The smallest absolute Gasteiger partial charge is 0.247 e. The molecular formula is C22H26N2O3. The first-order valence-corrected chi connectivity index (χ1v) is 9.35. The van der Waals surface area contributed by atoms with Crippen molar-refractivity contribution in [1.29, 1.82) is 0 Å². The van der Waals surface area contributed by atoms with Crippen LogP contribution in [-0.4, -0.2) is 43.0 Å². The Balaban J connectivity index is 1.70. The number of benzene rings is 2. The highest BCUT2D eigenvalue weighted by molar-refractivity contribution is 5.98. The number of carbonyl (C=O) groups is 2. The lowest BCUT2D eigenvalue weighted by atomic mass is 10.0. The molecule has 0 bridgehead atoms. The molecule has 2 aromatic rings. The molecule has 142 valence electrons. The molecule has 1 atom stereocenters. The van der Waals surface area contributed by atoms with Gasteiger partial charge in [0.05, 0.1) is 13.0 Å². The molecule has 27 heavy (non-hydrogen) atoms. The molecule has 0 spiro atoms. The summed E-state index contributed by atoms with van der Waals surface area (Å²) in [5.41, 5.74) is 4.10. The molecule has 5 heteroatoms. The zero-order valence-corrected chi connectivity index (χ0v) is 15.9. The number of carbonyl (C=O) groups excluding carboxylic acids is 2. The maximum Gasteiger partial charge on any atom is 0.247 e. The molecule has 1 aliphatic heterocycles. The van der Waals surface area contributed by atoms with Crippen LogP contribution in [0.5, 0.6) is 0 Å². The fourth-order valence-corrected chi connectivity index (χ4v) is 3.50. The number of likely N-dealkylation sites (tertiary alicyclic amines) is 1. The molecule has 1 fully saturated rings. The number of rotatable bonds is 6. The summed E-state index contributed by atoms with van der Waals surface area (Å²) in [6.45, 7) is 3.07. The number of aryl methyl sites for hydroxylation is 1. The molecule has 5 nitrogen and oxygen atoms in total. The third kappa shape index (κ3) is 4.74. The third-order valence-corrected chi connectivity index (χ3v) is 4.88. The van der Waals surface area contributed by atoms with Crippen molar-refractivity contribution in [3.05, 3.63) is 54.1 Å². The maximum atomic E-state index is 12.8. The minimum Gasteiger partial charge on any atom is -0.384 e. The normalized spacial score (nSPS) is 16.4. The van der Waals surface area contributed by atoms with Crippen LogP contribution in [0.2, 0.25) is 0 Å². The zero-order valence-electron chi connectivity index (χ0n) is 15.9. The van der Waals surface area contributed by atoms with Crippen LogP contribution in [0.3, 0.4) is 0 Å². The first-order valence-electron chi connectivity index (χ1n) is 9.35. The van der Waals surface area contributed by atoms with E-state index in [2.05, 4.69) is 30.4 Å². The molecule has 2 amide bonds. The first-order chi connectivity index (χ1) is 13.1.